The largest absolute Gasteiger partial charge is 0.489 e. The van der Waals surface area contributed by atoms with Crippen LogP contribution in [0.25, 0.3) is 6.08 Å². The average Bonchev–Trinajstić information content (AvgIpc) is 2.72. The summed E-state index contributed by atoms with van der Waals surface area (Å²) in [5, 5.41) is 2.88. The molecular weight excluding hydrogens is 346 g/mol. The quantitative estimate of drug-likeness (QED) is 0.514. The van der Waals surface area contributed by atoms with Gasteiger partial charge in [-0.15, -0.1) is 0 Å². The van der Waals surface area contributed by atoms with Crippen LogP contribution in [0.15, 0.2) is 84.9 Å². The molecule has 0 saturated heterocycles. The molecule has 142 valence electrons. The van der Waals surface area contributed by atoms with E-state index in [2.05, 4.69) is 19.2 Å². The van der Waals surface area contributed by atoms with Gasteiger partial charge in [-0.1, -0.05) is 68.4 Å². The van der Waals surface area contributed by atoms with E-state index in [0.29, 0.717) is 12.5 Å². The predicted molar refractivity (Wildman–Crippen MR) is 115 cm³/mol. The van der Waals surface area contributed by atoms with Crippen LogP contribution in [0.1, 0.15) is 36.5 Å². The van der Waals surface area contributed by atoms with Gasteiger partial charge in [-0.2, -0.15) is 0 Å². The zero-order chi connectivity index (χ0) is 19.8. The Bertz CT molecular complexity index is 911. The second-order valence-electron chi connectivity index (χ2n) is 6.94. The molecule has 1 N–H and O–H groups in total. The van der Waals surface area contributed by atoms with Crippen molar-refractivity contribution in [1.29, 1.82) is 0 Å². The molecule has 0 unspecified atom stereocenters. The molecule has 1 amide bonds. The number of nitrogens with one attached hydrogen (secondary N) is 1. The summed E-state index contributed by atoms with van der Waals surface area (Å²) in [5.41, 5.74) is 4.12. The van der Waals surface area contributed by atoms with Gasteiger partial charge >= 0.3 is 0 Å². The van der Waals surface area contributed by atoms with Crippen LogP contribution in [0.4, 0.5) is 5.69 Å². The molecule has 0 fully saturated rings. The summed E-state index contributed by atoms with van der Waals surface area (Å²) in [6, 6.07) is 25.7. The SMILES string of the molecule is CC(C)c1ccc(NC(=O)/C=C/c2ccc(OCc3ccccc3)cc2)cc1. The fourth-order valence-corrected chi connectivity index (χ4v) is 2.72. The van der Waals surface area contributed by atoms with E-state index in [0.717, 1.165) is 22.6 Å². The van der Waals surface area contributed by atoms with Crippen LogP contribution in [-0.2, 0) is 11.4 Å². The summed E-state index contributed by atoms with van der Waals surface area (Å²) in [6.45, 7) is 4.83. The van der Waals surface area contributed by atoms with Crippen molar-refractivity contribution >= 4 is 17.7 Å². The molecular formula is C25H25NO2. The Morgan fingerprint density at radius 3 is 2.25 bits per heavy atom. The first kappa shape index (κ1) is 19.4. The van der Waals surface area contributed by atoms with Gasteiger partial charge in [0.15, 0.2) is 0 Å². The molecule has 0 radical (unpaired) electrons. The minimum Gasteiger partial charge on any atom is -0.489 e. The van der Waals surface area contributed by atoms with Gasteiger partial charge in [0.2, 0.25) is 5.91 Å². The zero-order valence-corrected chi connectivity index (χ0v) is 16.3. The van der Waals surface area contributed by atoms with E-state index >= 15 is 0 Å². The number of hydrogen-bond acceptors (Lipinski definition) is 2. The lowest BCUT2D eigenvalue weighted by molar-refractivity contribution is -0.111. The third-order valence-corrected chi connectivity index (χ3v) is 4.40. The van der Waals surface area contributed by atoms with Gasteiger partial charge in [-0.05, 0) is 52.9 Å². The van der Waals surface area contributed by atoms with Crippen LogP contribution in [0.2, 0.25) is 0 Å². The van der Waals surface area contributed by atoms with E-state index in [-0.39, 0.29) is 5.91 Å². The van der Waals surface area contributed by atoms with E-state index in [9.17, 15) is 4.79 Å². The molecule has 0 aliphatic heterocycles. The molecule has 0 atom stereocenters. The maximum absolute atomic E-state index is 12.1. The number of anilines is 1. The molecule has 0 saturated carbocycles. The van der Waals surface area contributed by atoms with Gasteiger partial charge in [-0.25, -0.2) is 0 Å². The lowest BCUT2D eigenvalue weighted by atomic mass is 10.0. The van der Waals surface area contributed by atoms with Gasteiger partial charge in [0.1, 0.15) is 12.4 Å². The van der Waals surface area contributed by atoms with Crippen LogP contribution in [-0.4, -0.2) is 5.91 Å². The normalized spacial score (nSPS) is 11.0. The van der Waals surface area contributed by atoms with E-state index in [1.807, 2.05) is 78.9 Å². The third-order valence-electron chi connectivity index (χ3n) is 4.40. The molecule has 3 heteroatoms. The van der Waals surface area contributed by atoms with Crippen molar-refractivity contribution in [3.05, 3.63) is 102 Å². The molecule has 0 aromatic heterocycles. The maximum Gasteiger partial charge on any atom is 0.248 e. The molecule has 0 spiro atoms. The van der Waals surface area contributed by atoms with Crippen molar-refractivity contribution in [2.24, 2.45) is 0 Å². The number of hydrogen-bond donors (Lipinski definition) is 1. The highest BCUT2D eigenvalue weighted by molar-refractivity contribution is 6.01. The minimum absolute atomic E-state index is 0.151. The van der Waals surface area contributed by atoms with Crippen molar-refractivity contribution in [2.75, 3.05) is 5.32 Å². The lowest BCUT2D eigenvalue weighted by Gasteiger charge is -2.07. The smallest absolute Gasteiger partial charge is 0.248 e. The fraction of sp³-hybridized carbons (Fsp3) is 0.160. The van der Waals surface area contributed by atoms with E-state index < -0.39 is 0 Å². The van der Waals surface area contributed by atoms with Crippen LogP contribution < -0.4 is 10.1 Å². The Kier molecular flexibility index (Phi) is 6.64. The molecule has 0 aliphatic carbocycles. The van der Waals surface area contributed by atoms with Crippen molar-refractivity contribution in [3.8, 4) is 5.75 Å². The molecule has 0 bridgehead atoms. The van der Waals surface area contributed by atoms with E-state index in [4.69, 9.17) is 4.74 Å². The van der Waals surface area contributed by atoms with Gasteiger partial charge < -0.3 is 10.1 Å². The van der Waals surface area contributed by atoms with E-state index in [1.54, 1.807) is 6.08 Å². The van der Waals surface area contributed by atoms with Crippen molar-refractivity contribution < 1.29 is 9.53 Å². The number of carbonyl (C=O) groups excluding carboxylic acids is 1. The molecule has 3 nitrogen and oxygen atoms in total. The van der Waals surface area contributed by atoms with Crippen LogP contribution >= 0.6 is 0 Å². The minimum atomic E-state index is -0.151. The van der Waals surface area contributed by atoms with Gasteiger partial charge in [0.05, 0.1) is 0 Å². The summed E-state index contributed by atoms with van der Waals surface area (Å²) in [7, 11) is 0. The standard InChI is InChI=1S/C25H25NO2/c1-19(2)22-11-13-23(14-12-22)26-25(27)17-10-20-8-15-24(16-9-20)28-18-21-6-4-3-5-7-21/h3-17,19H,18H2,1-2H3,(H,26,27)/b17-10+. The average molecular weight is 371 g/mol. The van der Waals surface area contributed by atoms with Gasteiger partial charge in [0.25, 0.3) is 0 Å². The van der Waals surface area contributed by atoms with Crippen molar-refractivity contribution in [2.45, 2.75) is 26.4 Å². The van der Waals surface area contributed by atoms with Crippen LogP contribution in [0.5, 0.6) is 5.75 Å². The highest BCUT2D eigenvalue weighted by Gasteiger charge is 2.01. The van der Waals surface area contributed by atoms with E-state index in [1.165, 1.54) is 11.6 Å². The Morgan fingerprint density at radius 2 is 1.61 bits per heavy atom. The highest BCUT2D eigenvalue weighted by Crippen LogP contribution is 2.18. The first-order chi connectivity index (χ1) is 13.6. The Labute approximate surface area is 166 Å². The van der Waals surface area contributed by atoms with Gasteiger partial charge in [0, 0.05) is 11.8 Å². The molecule has 28 heavy (non-hydrogen) atoms. The first-order valence-electron chi connectivity index (χ1n) is 9.46. The molecule has 0 heterocycles. The van der Waals surface area contributed by atoms with Crippen molar-refractivity contribution in [3.63, 3.8) is 0 Å². The zero-order valence-electron chi connectivity index (χ0n) is 16.3. The molecule has 0 aliphatic rings. The maximum atomic E-state index is 12.1. The summed E-state index contributed by atoms with van der Waals surface area (Å²) >= 11 is 0. The van der Waals surface area contributed by atoms with Crippen LogP contribution in [0, 0.1) is 0 Å². The number of rotatable bonds is 7. The van der Waals surface area contributed by atoms with Gasteiger partial charge in [-0.3, -0.25) is 4.79 Å². The number of amides is 1. The Balaban J connectivity index is 1.51. The predicted octanol–water partition coefficient (Wildman–Crippen LogP) is 6.04. The first-order valence-corrected chi connectivity index (χ1v) is 9.46. The molecule has 3 rings (SSSR count). The number of benzene rings is 3. The highest BCUT2D eigenvalue weighted by atomic mass is 16.5. The third kappa shape index (κ3) is 5.85. The van der Waals surface area contributed by atoms with Crippen molar-refractivity contribution in [1.82, 2.24) is 0 Å². The monoisotopic (exact) mass is 371 g/mol. The Morgan fingerprint density at radius 1 is 0.929 bits per heavy atom. The summed E-state index contributed by atoms with van der Waals surface area (Å²) in [4.78, 5) is 12.1. The van der Waals surface area contributed by atoms with Crippen LogP contribution in [0.3, 0.4) is 0 Å². The molecule has 3 aromatic carbocycles. The summed E-state index contributed by atoms with van der Waals surface area (Å²) in [6.07, 6.45) is 3.33. The molecule has 3 aromatic rings. The summed E-state index contributed by atoms with van der Waals surface area (Å²) in [5.74, 6) is 1.13. The number of ether oxygens (including phenoxy) is 1. The second-order valence-corrected chi connectivity index (χ2v) is 6.94. The fourth-order valence-electron chi connectivity index (χ4n) is 2.72. The Hall–Kier alpha value is -3.33. The second kappa shape index (κ2) is 9.56. The summed E-state index contributed by atoms with van der Waals surface area (Å²) < 4.78 is 5.77. The topological polar surface area (TPSA) is 38.3 Å². The number of carbonyl (C=O) groups is 1. The lowest BCUT2D eigenvalue weighted by Crippen LogP contribution is -2.07.